The van der Waals surface area contributed by atoms with E-state index in [1.54, 1.807) is 35.9 Å². The van der Waals surface area contributed by atoms with Gasteiger partial charge in [-0.1, -0.05) is 6.07 Å². The summed E-state index contributed by atoms with van der Waals surface area (Å²) < 4.78 is 1.02. The van der Waals surface area contributed by atoms with Crippen LogP contribution in [0, 0.1) is 0 Å². The summed E-state index contributed by atoms with van der Waals surface area (Å²) in [5, 5.41) is 10.7. The molecule has 3 heterocycles. The molecular formula is C14H10BrN5OS. The van der Waals surface area contributed by atoms with Gasteiger partial charge < -0.3 is 0 Å². The van der Waals surface area contributed by atoms with Gasteiger partial charge >= 0.3 is 0 Å². The zero-order valence-corrected chi connectivity index (χ0v) is 13.6. The van der Waals surface area contributed by atoms with E-state index in [4.69, 9.17) is 0 Å². The number of rotatable bonds is 4. The van der Waals surface area contributed by atoms with E-state index in [1.807, 2.05) is 18.2 Å². The predicted molar refractivity (Wildman–Crippen MR) is 88.9 cm³/mol. The molecule has 0 radical (unpaired) electrons. The monoisotopic (exact) mass is 375 g/mol. The van der Waals surface area contributed by atoms with Gasteiger partial charge in [0.2, 0.25) is 0 Å². The largest absolute Gasteiger partial charge is 0.291 e. The molecule has 22 heavy (non-hydrogen) atoms. The molecule has 0 aliphatic heterocycles. The zero-order valence-electron chi connectivity index (χ0n) is 11.2. The Kier molecular flexibility index (Phi) is 4.40. The number of thiophene rings is 1. The molecule has 3 aromatic heterocycles. The summed E-state index contributed by atoms with van der Waals surface area (Å²) in [6.07, 6.45) is 4.84. The number of aromatic nitrogens is 3. The van der Waals surface area contributed by atoms with E-state index < -0.39 is 0 Å². The summed E-state index contributed by atoms with van der Waals surface area (Å²) in [6.45, 7) is 0. The molecule has 3 aromatic rings. The first-order valence-electron chi connectivity index (χ1n) is 6.27. The number of carbonyl (C=O) groups is 1. The summed E-state index contributed by atoms with van der Waals surface area (Å²) in [6, 6.07) is 9.21. The van der Waals surface area contributed by atoms with Gasteiger partial charge in [0, 0.05) is 18.0 Å². The van der Waals surface area contributed by atoms with Crippen molar-refractivity contribution < 1.29 is 4.79 Å². The number of aromatic amines is 1. The molecular weight excluding hydrogens is 366 g/mol. The summed E-state index contributed by atoms with van der Waals surface area (Å²) in [4.78, 5) is 16.9. The maximum atomic E-state index is 12.0. The van der Waals surface area contributed by atoms with E-state index in [9.17, 15) is 4.79 Å². The fraction of sp³-hybridized carbons (Fsp3) is 0. The van der Waals surface area contributed by atoms with Gasteiger partial charge in [0.05, 0.1) is 20.6 Å². The number of amides is 1. The number of H-pyrrole nitrogens is 1. The highest BCUT2D eigenvalue weighted by Gasteiger charge is 2.11. The van der Waals surface area contributed by atoms with Crippen LogP contribution in [0.5, 0.6) is 0 Å². The Balaban J connectivity index is 1.66. The molecule has 8 heteroatoms. The van der Waals surface area contributed by atoms with Gasteiger partial charge in [-0.3, -0.25) is 14.9 Å². The lowest BCUT2D eigenvalue weighted by Crippen LogP contribution is -2.18. The maximum Gasteiger partial charge on any atom is 0.291 e. The smallest absolute Gasteiger partial charge is 0.276 e. The predicted octanol–water partition coefficient (Wildman–Crippen LogP) is 3.06. The molecule has 0 aromatic carbocycles. The van der Waals surface area contributed by atoms with Crippen molar-refractivity contribution in [1.29, 1.82) is 0 Å². The third kappa shape index (κ3) is 3.46. The second-order valence-electron chi connectivity index (χ2n) is 4.26. The number of nitrogens with one attached hydrogen (secondary N) is 2. The zero-order chi connectivity index (χ0) is 15.4. The van der Waals surface area contributed by atoms with E-state index in [-0.39, 0.29) is 11.6 Å². The molecule has 0 aliphatic carbocycles. The third-order valence-electron chi connectivity index (χ3n) is 2.71. The summed E-state index contributed by atoms with van der Waals surface area (Å²) in [5.41, 5.74) is 4.30. The van der Waals surface area contributed by atoms with Gasteiger partial charge in [-0.05, 0) is 40.2 Å². The Labute approximate surface area is 138 Å². The minimum atomic E-state index is -0.377. The Bertz CT molecular complexity index is 812. The maximum absolute atomic E-state index is 12.0. The highest BCUT2D eigenvalue weighted by Crippen LogP contribution is 2.30. The molecule has 1 amide bonds. The van der Waals surface area contributed by atoms with Gasteiger partial charge in [0.1, 0.15) is 0 Å². The van der Waals surface area contributed by atoms with Gasteiger partial charge in [0.15, 0.2) is 5.69 Å². The first kappa shape index (κ1) is 14.6. The van der Waals surface area contributed by atoms with Crippen LogP contribution in [0.25, 0.3) is 10.6 Å². The third-order valence-corrected chi connectivity index (χ3v) is 4.37. The average molecular weight is 376 g/mol. The second kappa shape index (κ2) is 6.63. The van der Waals surface area contributed by atoms with Gasteiger partial charge in [-0.15, -0.1) is 11.3 Å². The van der Waals surface area contributed by atoms with Gasteiger partial charge in [-0.2, -0.15) is 10.2 Å². The number of hydrogen-bond acceptors (Lipinski definition) is 5. The minimum Gasteiger partial charge on any atom is -0.276 e. The Hall–Kier alpha value is -2.32. The summed E-state index contributed by atoms with van der Waals surface area (Å²) >= 11 is 4.96. The topological polar surface area (TPSA) is 83.0 Å². The van der Waals surface area contributed by atoms with Crippen LogP contribution in [0.3, 0.4) is 0 Å². The lowest BCUT2D eigenvalue weighted by molar-refractivity contribution is 0.0950. The molecule has 0 atom stereocenters. The summed E-state index contributed by atoms with van der Waals surface area (Å²) in [5.74, 6) is -0.377. The average Bonchev–Trinajstić information content (AvgIpc) is 3.17. The lowest BCUT2D eigenvalue weighted by atomic mass is 10.3. The number of pyridine rings is 1. The minimum absolute atomic E-state index is 0.280. The van der Waals surface area contributed by atoms with E-state index in [0.29, 0.717) is 0 Å². The molecule has 6 nitrogen and oxygen atoms in total. The quantitative estimate of drug-likeness (QED) is 0.542. The molecule has 0 spiro atoms. The van der Waals surface area contributed by atoms with Gasteiger partial charge in [0.25, 0.3) is 5.91 Å². The Morgan fingerprint density at radius 1 is 1.41 bits per heavy atom. The van der Waals surface area contributed by atoms with Crippen molar-refractivity contribution in [2.45, 2.75) is 0 Å². The van der Waals surface area contributed by atoms with E-state index in [1.165, 1.54) is 6.21 Å². The van der Waals surface area contributed by atoms with Crippen molar-refractivity contribution in [3.05, 3.63) is 57.8 Å². The Morgan fingerprint density at radius 3 is 3.05 bits per heavy atom. The number of nitrogens with zero attached hydrogens (tertiary/aromatic N) is 3. The van der Waals surface area contributed by atoms with Crippen molar-refractivity contribution in [3.8, 4) is 10.6 Å². The van der Waals surface area contributed by atoms with Crippen LogP contribution in [0.1, 0.15) is 16.1 Å². The lowest BCUT2D eigenvalue weighted by Gasteiger charge is -1.94. The summed E-state index contributed by atoms with van der Waals surface area (Å²) in [7, 11) is 0. The number of hydrogen-bond donors (Lipinski definition) is 2. The Morgan fingerprint density at radius 2 is 2.32 bits per heavy atom. The van der Waals surface area contributed by atoms with Crippen LogP contribution in [0.15, 0.2) is 51.6 Å². The molecule has 0 aliphatic rings. The first-order chi connectivity index (χ1) is 10.7. The normalized spacial score (nSPS) is 11.0. The molecule has 3 rings (SSSR count). The second-order valence-corrected chi connectivity index (χ2v) is 6.72. The van der Waals surface area contributed by atoms with Gasteiger partial charge in [-0.25, -0.2) is 5.43 Å². The number of halogens is 1. The fourth-order valence-corrected chi connectivity index (χ4v) is 3.05. The van der Waals surface area contributed by atoms with E-state index in [0.717, 1.165) is 19.9 Å². The van der Waals surface area contributed by atoms with Crippen LogP contribution >= 0.6 is 27.3 Å². The van der Waals surface area contributed by atoms with Crippen LogP contribution in [0.2, 0.25) is 0 Å². The highest BCUT2D eigenvalue weighted by atomic mass is 79.9. The molecule has 2 N–H and O–H groups in total. The molecule has 0 unspecified atom stereocenters. The van der Waals surface area contributed by atoms with E-state index in [2.05, 4.69) is 41.6 Å². The number of hydrazone groups is 1. The van der Waals surface area contributed by atoms with E-state index >= 15 is 0 Å². The van der Waals surface area contributed by atoms with Crippen molar-refractivity contribution >= 4 is 39.4 Å². The van der Waals surface area contributed by atoms with Crippen molar-refractivity contribution in [2.24, 2.45) is 5.10 Å². The standard InChI is InChI=1S/C14H10BrN5OS/c15-13-4-3-12(22-13)10-6-11(19-18-10)14(21)20-17-8-9-2-1-5-16-7-9/h1-8H,(H,18,19)(H,20,21). The van der Waals surface area contributed by atoms with Crippen molar-refractivity contribution in [1.82, 2.24) is 20.6 Å². The SMILES string of the molecule is O=C(NN=Cc1cccnc1)c1cc(-c2ccc(Br)s2)[nH]n1. The highest BCUT2D eigenvalue weighted by molar-refractivity contribution is 9.11. The first-order valence-corrected chi connectivity index (χ1v) is 7.88. The molecule has 0 bridgehead atoms. The molecule has 0 saturated carbocycles. The molecule has 110 valence electrons. The van der Waals surface area contributed by atoms with Crippen LogP contribution < -0.4 is 5.43 Å². The van der Waals surface area contributed by atoms with Crippen molar-refractivity contribution in [2.75, 3.05) is 0 Å². The molecule has 0 fully saturated rings. The van der Waals surface area contributed by atoms with Crippen molar-refractivity contribution in [3.63, 3.8) is 0 Å². The van der Waals surface area contributed by atoms with Crippen LogP contribution in [-0.2, 0) is 0 Å². The van der Waals surface area contributed by atoms with Crippen LogP contribution in [-0.4, -0.2) is 27.3 Å². The fourth-order valence-electron chi connectivity index (χ4n) is 1.70. The van der Waals surface area contributed by atoms with Crippen LogP contribution in [0.4, 0.5) is 0 Å². The number of carbonyl (C=O) groups excluding carboxylic acids is 1. The molecule has 0 saturated heterocycles.